The van der Waals surface area contributed by atoms with Crippen LogP contribution in [-0.4, -0.2) is 35.1 Å². The summed E-state index contributed by atoms with van der Waals surface area (Å²) in [5, 5.41) is 9.04. The number of aliphatic hydroxyl groups excluding tert-OH is 1. The molecule has 1 amide bonds. The van der Waals surface area contributed by atoms with E-state index in [0.29, 0.717) is 6.54 Å². The Bertz CT molecular complexity index is 220. The summed E-state index contributed by atoms with van der Waals surface area (Å²) in [5.41, 5.74) is 0. The van der Waals surface area contributed by atoms with Gasteiger partial charge in [-0.2, -0.15) is 0 Å². The number of hydrogen-bond donors (Lipinski definition) is 1. The molecule has 1 rings (SSSR count). The van der Waals surface area contributed by atoms with Crippen molar-refractivity contribution in [3.05, 3.63) is 0 Å². The van der Waals surface area contributed by atoms with Crippen molar-refractivity contribution in [1.82, 2.24) is 4.90 Å². The minimum Gasteiger partial charge on any atom is -0.395 e. The lowest BCUT2D eigenvalue weighted by molar-refractivity contribution is -0.138. The number of hydrogen-bond acceptors (Lipinski definition) is 2. The third kappa shape index (κ3) is 4.66. The molecule has 0 saturated heterocycles. The summed E-state index contributed by atoms with van der Waals surface area (Å²) in [6.07, 6.45) is 8.30. The Morgan fingerprint density at radius 2 is 1.71 bits per heavy atom. The Morgan fingerprint density at radius 3 is 2.18 bits per heavy atom. The number of aliphatic hydroxyl groups is 1. The molecule has 0 atom stereocenters. The molecule has 3 heteroatoms. The second-order valence-electron chi connectivity index (χ2n) is 5.39. The highest BCUT2D eigenvalue weighted by molar-refractivity contribution is 5.79. The molecule has 1 fully saturated rings. The number of nitrogens with zero attached hydrogens (tertiary/aromatic N) is 1. The Hall–Kier alpha value is -0.570. The van der Waals surface area contributed by atoms with Gasteiger partial charge in [-0.15, -0.1) is 0 Å². The van der Waals surface area contributed by atoms with Gasteiger partial charge in [-0.1, -0.05) is 32.1 Å². The predicted molar refractivity (Wildman–Crippen MR) is 69.7 cm³/mol. The SMILES string of the molecule is CC(C)N(CCO)C(=O)C1CCCCCCC1. The lowest BCUT2D eigenvalue weighted by Gasteiger charge is -2.31. The van der Waals surface area contributed by atoms with Crippen molar-refractivity contribution in [2.75, 3.05) is 13.2 Å². The van der Waals surface area contributed by atoms with Crippen molar-refractivity contribution in [3.63, 3.8) is 0 Å². The van der Waals surface area contributed by atoms with Gasteiger partial charge < -0.3 is 10.0 Å². The van der Waals surface area contributed by atoms with E-state index in [9.17, 15) is 4.79 Å². The monoisotopic (exact) mass is 241 g/mol. The molecule has 0 aromatic carbocycles. The molecule has 0 spiro atoms. The van der Waals surface area contributed by atoms with Gasteiger partial charge in [-0.25, -0.2) is 0 Å². The average Bonchev–Trinajstić information content (AvgIpc) is 2.24. The van der Waals surface area contributed by atoms with Crippen molar-refractivity contribution in [2.24, 2.45) is 5.92 Å². The third-order valence-electron chi connectivity index (χ3n) is 3.70. The molecule has 1 saturated carbocycles. The third-order valence-corrected chi connectivity index (χ3v) is 3.70. The van der Waals surface area contributed by atoms with Crippen LogP contribution in [0.4, 0.5) is 0 Å². The van der Waals surface area contributed by atoms with E-state index in [-0.39, 0.29) is 24.5 Å². The largest absolute Gasteiger partial charge is 0.395 e. The van der Waals surface area contributed by atoms with Gasteiger partial charge in [-0.05, 0) is 26.7 Å². The van der Waals surface area contributed by atoms with E-state index < -0.39 is 0 Å². The van der Waals surface area contributed by atoms with Crippen LogP contribution >= 0.6 is 0 Å². The van der Waals surface area contributed by atoms with E-state index in [2.05, 4.69) is 0 Å². The fourth-order valence-corrected chi connectivity index (χ4v) is 2.67. The van der Waals surface area contributed by atoms with E-state index in [1.165, 1.54) is 32.1 Å². The summed E-state index contributed by atoms with van der Waals surface area (Å²) in [6.45, 7) is 4.59. The fraction of sp³-hybridized carbons (Fsp3) is 0.929. The summed E-state index contributed by atoms with van der Waals surface area (Å²) in [5.74, 6) is 0.459. The van der Waals surface area contributed by atoms with Gasteiger partial charge in [0, 0.05) is 18.5 Å². The normalized spacial score (nSPS) is 18.8. The van der Waals surface area contributed by atoms with Crippen LogP contribution in [0, 0.1) is 5.92 Å². The summed E-state index contributed by atoms with van der Waals surface area (Å²) in [7, 11) is 0. The summed E-state index contributed by atoms with van der Waals surface area (Å²) in [4.78, 5) is 14.2. The van der Waals surface area contributed by atoms with E-state index in [1.807, 2.05) is 18.7 Å². The number of carbonyl (C=O) groups excluding carboxylic acids is 1. The van der Waals surface area contributed by atoms with Crippen LogP contribution in [0.25, 0.3) is 0 Å². The molecule has 0 aromatic heterocycles. The second kappa shape index (κ2) is 7.70. The zero-order chi connectivity index (χ0) is 12.7. The lowest BCUT2D eigenvalue weighted by Crippen LogP contribution is -2.42. The molecule has 0 bridgehead atoms. The van der Waals surface area contributed by atoms with Crippen LogP contribution in [-0.2, 0) is 4.79 Å². The number of rotatable bonds is 4. The molecule has 0 radical (unpaired) electrons. The quantitative estimate of drug-likeness (QED) is 0.822. The first-order valence-electron chi connectivity index (χ1n) is 7.08. The van der Waals surface area contributed by atoms with E-state index >= 15 is 0 Å². The molecule has 1 N–H and O–H groups in total. The maximum absolute atomic E-state index is 12.4. The van der Waals surface area contributed by atoms with Crippen molar-refractivity contribution in [2.45, 2.75) is 64.8 Å². The average molecular weight is 241 g/mol. The van der Waals surface area contributed by atoms with Crippen LogP contribution in [0.2, 0.25) is 0 Å². The van der Waals surface area contributed by atoms with Gasteiger partial charge in [0.15, 0.2) is 0 Å². The molecule has 0 aliphatic heterocycles. The summed E-state index contributed by atoms with van der Waals surface area (Å²) >= 11 is 0. The van der Waals surface area contributed by atoms with Crippen LogP contribution in [0.15, 0.2) is 0 Å². The molecule has 3 nitrogen and oxygen atoms in total. The minimum atomic E-state index is 0.0661. The van der Waals surface area contributed by atoms with Crippen molar-refractivity contribution >= 4 is 5.91 Å². The van der Waals surface area contributed by atoms with Gasteiger partial charge in [0.1, 0.15) is 0 Å². The highest BCUT2D eigenvalue weighted by Gasteiger charge is 2.25. The predicted octanol–water partition coefficient (Wildman–Crippen LogP) is 2.58. The Balaban J connectivity index is 2.56. The van der Waals surface area contributed by atoms with E-state index in [0.717, 1.165) is 12.8 Å². The van der Waals surface area contributed by atoms with Crippen molar-refractivity contribution < 1.29 is 9.90 Å². The Labute approximate surface area is 105 Å². The van der Waals surface area contributed by atoms with E-state index in [1.54, 1.807) is 0 Å². The molecule has 1 aliphatic rings. The topological polar surface area (TPSA) is 40.5 Å². The Morgan fingerprint density at radius 1 is 1.18 bits per heavy atom. The highest BCUT2D eigenvalue weighted by Crippen LogP contribution is 2.24. The zero-order valence-electron chi connectivity index (χ0n) is 11.3. The van der Waals surface area contributed by atoms with Crippen molar-refractivity contribution in [3.8, 4) is 0 Å². The number of amides is 1. The first-order chi connectivity index (χ1) is 8.16. The molecule has 0 heterocycles. The summed E-state index contributed by atoms with van der Waals surface area (Å²) < 4.78 is 0. The van der Waals surface area contributed by atoms with E-state index in [4.69, 9.17) is 5.11 Å². The lowest BCUT2D eigenvalue weighted by atomic mass is 9.90. The summed E-state index contributed by atoms with van der Waals surface area (Å²) in [6, 6.07) is 0.195. The minimum absolute atomic E-state index is 0.0661. The van der Waals surface area contributed by atoms with Crippen LogP contribution in [0.5, 0.6) is 0 Å². The molecular formula is C14H27NO2. The first kappa shape index (κ1) is 14.5. The fourth-order valence-electron chi connectivity index (χ4n) is 2.67. The molecule has 0 unspecified atom stereocenters. The first-order valence-corrected chi connectivity index (χ1v) is 7.08. The Kier molecular flexibility index (Phi) is 6.56. The van der Waals surface area contributed by atoms with Crippen LogP contribution < -0.4 is 0 Å². The maximum Gasteiger partial charge on any atom is 0.225 e. The zero-order valence-corrected chi connectivity index (χ0v) is 11.3. The molecule has 100 valence electrons. The van der Waals surface area contributed by atoms with Gasteiger partial charge >= 0.3 is 0 Å². The molecular weight excluding hydrogens is 214 g/mol. The van der Waals surface area contributed by atoms with Gasteiger partial charge in [0.2, 0.25) is 5.91 Å². The molecule has 1 aliphatic carbocycles. The van der Waals surface area contributed by atoms with Crippen LogP contribution in [0.3, 0.4) is 0 Å². The van der Waals surface area contributed by atoms with Gasteiger partial charge in [-0.3, -0.25) is 4.79 Å². The standard InChI is InChI=1S/C14H27NO2/c1-12(2)15(10-11-16)14(17)13-8-6-4-3-5-7-9-13/h12-13,16H,3-11H2,1-2H3. The second-order valence-corrected chi connectivity index (χ2v) is 5.39. The molecule has 17 heavy (non-hydrogen) atoms. The van der Waals surface area contributed by atoms with Gasteiger partial charge in [0.05, 0.1) is 6.61 Å². The highest BCUT2D eigenvalue weighted by atomic mass is 16.3. The van der Waals surface area contributed by atoms with Crippen molar-refractivity contribution in [1.29, 1.82) is 0 Å². The van der Waals surface area contributed by atoms with Crippen LogP contribution in [0.1, 0.15) is 58.8 Å². The molecule has 0 aromatic rings. The van der Waals surface area contributed by atoms with Gasteiger partial charge in [0.25, 0.3) is 0 Å². The smallest absolute Gasteiger partial charge is 0.225 e. The number of carbonyl (C=O) groups is 1. The maximum atomic E-state index is 12.4.